The van der Waals surface area contributed by atoms with Gasteiger partial charge in [-0.2, -0.15) is 0 Å². The average Bonchev–Trinajstić information content (AvgIpc) is 2.42. The van der Waals surface area contributed by atoms with Gasteiger partial charge in [-0.05, 0) is 24.3 Å². The van der Waals surface area contributed by atoms with Gasteiger partial charge in [0.1, 0.15) is 5.75 Å². The molecule has 0 aromatic heterocycles. The topological polar surface area (TPSA) is 69.4 Å². The fourth-order valence-electron chi connectivity index (χ4n) is 1.58. The van der Waals surface area contributed by atoms with Crippen molar-refractivity contribution in [1.29, 1.82) is 0 Å². The lowest BCUT2D eigenvalue weighted by Crippen LogP contribution is -2.04. The number of para-hydroxylation sites is 1. The second-order valence-corrected chi connectivity index (χ2v) is 6.30. The zero-order valence-corrected chi connectivity index (χ0v) is 11.4. The van der Waals surface area contributed by atoms with Crippen LogP contribution in [0.1, 0.15) is 6.92 Å². The molecule has 0 atom stereocenters. The van der Waals surface area contributed by atoms with Crippen LogP contribution in [0, 0.1) is 0 Å². The van der Waals surface area contributed by atoms with Crippen molar-refractivity contribution in [2.75, 3.05) is 11.5 Å². The molecule has 0 saturated carbocycles. The van der Waals surface area contributed by atoms with Gasteiger partial charge in [0, 0.05) is 6.07 Å². The van der Waals surface area contributed by atoms with Gasteiger partial charge in [-0.25, -0.2) is 8.42 Å². The maximum absolute atomic E-state index is 11.8. The summed E-state index contributed by atoms with van der Waals surface area (Å²) in [5.74, 6) is 1.00. The highest BCUT2D eigenvalue weighted by molar-refractivity contribution is 7.91. The normalized spacial score (nSPS) is 11.2. The average molecular weight is 277 g/mol. The summed E-state index contributed by atoms with van der Waals surface area (Å²) in [7, 11) is -3.27. The molecule has 0 aliphatic heterocycles. The maximum atomic E-state index is 11.8. The van der Waals surface area contributed by atoms with E-state index in [1.807, 2.05) is 18.2 Å². The predicted octanol–water partition coefficient (Wildman–Crippen LogP) is 2.85. The number of benzene rings is 2. The summed E-state index contributed by atoms with van der Waals surface area (Å²) in [5.41, 5.74) is 6.20. The molecule has 2 rings (SSSR count). The minimum Gasteiger partial charge on any atom is -0.455 e. The van der Waals surface area contributed by atoms with Gasteiger partial charge < -0.3 is 10.5 Å². The van der Waals surface area contributed by atoms with E-state index in [4.69, 9.17) is 10.5 Å². The third kappa shape index (κ3) is 3.06. The molecule has 0 aliphatic rings. The first-order valence-corrected chi connectivity index (χ1v) is 7.53. The number of hydrogen-bond donors (Lipinski definition) is 1. The van der Waals surface area contributed by atoms with Crippen LogP contribution < -0.4 is 10.5 Å². The van der Waals surface area contributed by atoms with E-state index in [9.17, 15) is 8.42 Å². The SMILES string of the molecule is CCS(=O)(=O)c1ccc(N)c(Oc2ccccc2)c1. The maximum Gasteiger partial charge on any atom is 0.178 e. The van der Waals surface area contributed by atoms with Gasteiger partial charge in [0.25, 0.3) is 0 Å². The number of anilines is 1. The molecule has 4 nitrogen and oxygen atoms in total. The molecule has 0 heterocycles. The number of ether oxygens (including phenoxy) is 1. The summed E-state index contributed by atoms with van der Waals surface area (Å²) in [6.07, 6.45) is 0. The van der Waals surface area contributed by atoms with Crippen molar-refractivity contribution in [1.82, 2.24) is 0 Å². The van der Waals surface area contributed by atoms with Crippen LogP contribution in [0.5, 0.6) is 11.5 Å². The molecule has 5 heteroatoms. The van der Waals surface area contributed by atoms with Crippen LogP contribution in [0.15, 0.2) is 53.4 Å². The van der Waals surface area contributed by atoms with Crippen LogP contribution in [0.4, 0.5) is 5.69 Å². The van der Waals surface area contributed by atoms with Crippen LogP contribution in [-0.2, 0) is 9.84 Å². The zero-order valence-electron chi connectivity index (χ0n) is 10.5. The first-order valence-electron chi connectivity index (χ1n) is 5.88. The Morgan fingerprint density at radius 2 is 1.79 bits per heavy atom. The summed E-state index contributed by atoms with van der Waals surface area (Å²) in [6.45, 7) is 1.60. The molecular formula is C14H15NO3S. The van der Waals surface area contributed by atoms with E-state index in [0.29, 0.717) is 17.2 Å². The fourth-order valence-corrected chi connectivity index (χ4v) is 2.47. The van der Waals surface area contributed by atoms with Gasteiger partial charge in [0.2, 0.25) is 0 Å². The molecule has 2 aromatic carbocycles. The Balaban J connectivity index is 2.38. The molecule has 0 saturated heterocycles. The molecule has 100 valence electrons. The molecule has 19 heavy (non-hydrogen) atoms. The van der Waals surface area contributed by atoms with Crippen molar-refractivity contribution < 1.29 is 13.2 Å². The predicted molar refractivity (Wildman–Crippen MR) is 75.1 cm³/mol. The minimum absolute atomic E-state index is 0.0433. The lowest BCUT2D eigenvalue weighted by atomic mass is 10.3. The number of hydrogen-bond acceptors (Lipinski definition) is 4. The Hall–Kier alpha value is -2.01. The van der Waals surface area contributed by atoms with Crippen LogP contribution in [0.2, 0.25) is 0 Å². The van der Waals surface area contributed by atoms with Crippen LogP contribution >= 0.6 is 0 Å². The number of nitrogens with two attached hydrogens (primary N) is 1. The molecule has 0 spiro atoms. The van der Waals surface area contributed by atoms with Gasteiger partial charge in [-0.15, -0.1) is 0 Å². The molecule has 2 N–H and O–H groups in total. The molecule has 0 radical (unpaired) electrons. The van der Waals surface area contributed by atoms with Crippen LogP contribution in [0.3, 0.4) is 0 Å². The number of rotatable bonds is 4. The summed E-state index contributed by atoms with van der Waals surface area (Å²) >= 11 is 0. The molecule has 0 aliphatic carbocycles. The van der Waals surface area contributed by atoms with E-state index < -0.39 is 9.84 Å². The van der Waals surface area contributed by atoms with E-state index in [1.54, 1.807) is 25.1 Å². The largest absolute Gasteiger partial charge is 0.455 e. The highest BCUT2D eigenvalue weighted by Gasteiger charge is 2.14. The van der Waals surface area contributed by atoms with E-state index in [1.165, 1.54) is 12.1 Å². The molecule has 2 aromatic rings. The Morgan fingerprint density at radius 3 is 2.42 bits per heavy atom. The van der Waals surface area contributed by atoms with Crippen molar-refractivity contribution in [3.05, 3.63) is 48.5 Å². The van der Waals surface area contributed by atoms with E-state index in [0.717, 1.165) is 0 Å². The van der Waals surface area contributed by atoms with Gasteiger partial charge in [0.05, 0.1) is 16.3 Å². The van der Waals surface area contributed by atoms with Crippen LogP contribution in [-0.4, -0.2) is 14.2 Å². The Kier molecular flexibility index (Phi) is 3.76. The molecule has 0 amide bonds. The molecule has 0 unspecified atom stereocenters. The third-order valence-corrected chi connectivity index (χ3v) is 4.43. The smallest absolute Gasteiger partial charge is 0.178 e. The first kappa shape index (κ1) is 13.4. The van der Waals surface area contributed by atoms with Gasteiger partial charge >= 0.3 is 0 Å². The molecule has 0 bridgehead atoms. The fraction of sp³-hybridized carbons (Fsp3) is 0.143. The second kappa shape index (κ2) is 5.32. The highest BCUT2D eigenvalue weighted by Crippen LogP contribution is 2.30. The quantitative estimate of drug-likeness (QED) is 0.872. The van der Waals surface area contributed by atoms with E-state index in [2.05, 4.69) is 0 Å². The monoisotopic (exact) mass is 277 g/mol. The van der Waals surface area contributed by atoms with Gasteiger partial charge in [-0.3, -0.25) is 0 Å². The Bertz CT molecular complexity index is 666. The standard InChI is InChI=1S/C14H15NO3S/c1-2-19(16,17)12-8-9-13(15)14(10-12)18-11-6-4-3-5-7-11/h3-10H,2,15H2,1H3. The zero-order chi connectivity index (χ0) is 13.9. The van der Waals surface area contributed by atoms with Crippen molar-refractivity contribution in [3.63, 3.8) is 0 Å². The third-order valence-electron chi connectivity index (χ3n) is 2.70. The summed E-state index contributed by atoms with van der Waals surface area (Å²) in [4.78, 5) is 0.218. The van der Waals surface area contributed by atoms with Crippen LogP contribution in [0.25, 0.3) is 0 Å². The Labute approximate surface area is 112 Å². The Morgan fingerprint density at radius 1 is 1.11 bits per heavy atom. The summed E-state index contributed by atoms with van der Waals surface area (Å²) in [5, 5.41) is 0. The van der Waals surface area contributed by atoms with Gasteiger partial charge in [-0.1, -0.05) is 25.1 Å². The van der Waals surface area contributed by atoms with Crippen molar-refractivity contribution >= 4 is 15.5 Å². The van der Waals surface area contributed by atoms with E-state index >= 15 is 0 Å². The van der Waals surface area contributed by atoms with Gasteiger partial charge in [0.15, 0.2) is 15.6 Å². The minimum atomic E-state index is -3.27. The number of sulfone groups is 1. The molecular weight excluding hydrogens is 262 g/mol. The lowest BCUT2D eigenvalue weighted by Gasteiger charge is -2.10. The first-order chi connectivity index (χ1) is 9.03. The molecule has 0 fully saturated rings. The highest BCUT2D eigenvalue weighted by atomic mass is 32.2. The van der Waals surface area contributed by atoms with Crippen molar-refractivity contribution in [2.24, 2.45) is 0 Å². The summed E-state index contributed by atoms with van der Waals surface area (Å²) < 4.78 is 29.2. The lowest BCUT2D eigenvalue weighted by molar-refractivity contribution is 0.483. The second-order valence-electron chi connectivity index (χ2n) is 4.02. The van der Waals surface area contributed by atoms with Crippen molar-refractivity contribution in [3.8, 4) is 11.5 Å². The summed E-state index contributed by atoms with van der Waals surface area (Å²) in [6, 6.07) is 13.6. The van der Waals surface area contributed by atoms with Crippen molar-refractivity contribution in [2.45, 2.75) is 11.8 Å². The number of nitrogen functional groups attached to an aromatic ring is 1. The van der Waals surface area contributed by atoms with E-state index in [-0.39, 0.29) is 10.6 Å².